The molecule has 0 radical (unpaired) electrons. The van der Waals surface area contributed by atoms with Crippen molar-refractivity contribution in [3.05, 3.63) is 59.7 Å². The van der Waals surface area contributed by atoms with Crippen molar-refractivity contribution in [2.24, 2.45) is 0 Å². The monoisotopic (exact) mass is 486 g/mol. The van der Waals surface area contributed by atoms with E-state index in [1.165, 1.54) is 21.3 Å². The zero-order chi connectivity index (χ0) is 26.0. The Balaban J connectivity index is 2.30. The topological polar surface area (TPSA) is 112 Å². The molecule has 0 aliphatic rings. The molecule has 9 heteroatoms. The summed E-state index contributed by atoms with van der Waals surface area (Å²) in [6, 6.07) is 12.3. The van der Waals surface area contributed by atoms with Crippen LogP contribution in [0.5, 0.6) is 11.5 Å². The van der Waals surface area contributed by atoms with Gasteiger partial charge in [0.05, 0.1) is 21.3 Å². The lowest BCUT2D eigenvalue weighted by atomic mass is 10.0. The van der Waals surface area contributed by atoms with E-state index in [-0.39, 0.29) is 12.8 Å². The standard InChI is InChI=1S/C26H34N2O7/c1-26(2,3)35-25(31)28-19(15-17-11-7-9-13-21(17)32-4)23(29)27-20(24(30)34-6)16-18-12-8-10-14-22(18)33-5/h7-14,19-20H,15-16H2,1-6H3,(H,27,29)(H,28,31)/t19-,20-/m1/s1. The van der Waals surface area contributed by atoms with Crippen molar-refractivity contribution >= 4 is 18.0 Å². The number of methoxy groups -OCH3 is 3. The summed E-state index contributed by atoms with van der Waals surface area (Å²) in [6.45, 7) is 5.17. The van der Waals surface area contributed by atoms with Crippen molar-refractivity contribution in [3.8, 4) is 11.5 Å². The molecule has 2 aromatic carbocycles. The van der Waals surface area contributed by atoms with Crippen molar-refractivity contribution in [2.45, 2.75) is 51.3 Å². The maximum Gasteiger partial charge on any atom is 0.408 e. The first kappa shape index (κ1) is 27.5. The van der Waals surface area contributed by atoms with Gasteiger partial charge in [0.25, 0.3) is 0 Å². The highest BCUT2D eigenvalue weighted by atomic mass is 16.6. The number of carbonyl (C=O) groups excluding carboxylic acids is 3. The third kappa shape index (κ3) is 8.51. The normalized spacial score (nSPS) is 12.6. The third-order valence-electron chi connectivity index (χ3n) is 5.04. The zero-order valence-electron chi connectivity index (χ0n) is 21.0. The molecule has 0 saturated heterocycles. The molecule has 0 aliphatic heterocycles. The van der Waals surface area contributed by atoms with Gasteiger partial charge in [-0.15, -0.1) is 0 Å². The summed E-state index contributed by atoms with van der Waals surface area (Å²) < 4.78 is 21.0. The third-order valence-corrected chi connectivity index (χ3v) is 5.04. The lowest BCUT2D eigenvalue weighted by Crippen LogP contribution is -2.54. The molecule has 2 rings (SSSR count). The highest BCUT2D eigenvalue weighted by Crippen LogP contribution is 2.21. The molecular weight excluding hydrogens is 452 g/mol. The van der Waals surface area contributed by atoms with Crippen LogP contribution in [0.4, 0.5) is 4.79 Å². The maximum absolute atomic E-state index is 13.4. The first-order chi connectivity index (χ1) is 16.6. The average molecular weight is 487 g/mol. The van der Waals surface area contributed by atoms with Gasteiger partial charge in [0.1, 0.15) is 29.2 Å². The first-order valence-corrected chi connectivity index (χ1v) is 11.2. The predicted octanol–water partition coefficient (Wildman–Crippen LogP) is 3.04. The van der Waals surface area contributed by atoms with E-state index in [0.717, 1.165) is 0 Å². The summed E-state index contributed by atoms with van der Waals surface area (Å²) >= 11 is 0. The minimum atomic E-state index is -1.05. The Labute approximate surface area is 206 Å². The second-order valence-corrected chi connectivity index (χ2v) is 8.82. The fraction of sp³-hybridized carbons (Fsp3) is 0.423. The quantitative estimate of drug-likeness (QED) is 0.497. The highest BCUT2D eigenvalue weighted by Gasteiger charge is 2.30. The number of para-hydroxylation sites is 2. The number of benzene rings is 2. The van der Waals surface area contributed by atoms with Crippen LogP contribution in [0.2, 0.25) is 0 Å². The molecule has 0 aliphatic carbocycles. The van der Waals surface area contributed by atoms with Crippen LogP contribution in [0.25, 0.3) is 0 Å². The number of carbonyl (C=O) groups is 3. The molecule has 0 saturated carbocycles. The minimum absolute atomic E-state index is 0.109. The highest BCUT2D eigenvalue weighted by molar-refractivity contribution is 5.90. The van der Waals surface area contributed by atoms with E-state index in [0.29, 0.717) is 22.6 Å². The Morgan fingerprint density at radius 3 is 1.71 bits per heavy atom. The molecule has 0 bridgehead atoms. The van der Waals surface area contributed by atoms with Crippen molar-refractivity contribution in [1.29, 1.82) is 0 Å². The van der Waals surface area contributed by atoms with E-state index < -0.39 is 35.7 Å². The van der Waals surface area contributed by atoms with E-state index in [1.807, 2.05) is 12.1 Å². The number of esters is 1. The zero-order valence-corrected chi connectivity index (χ0v) is 21.0. The predicted molar refractivity (Wildman–Crippen MR) is 131 cm³/mol. The Kier molecular flexibility index (Phi) is 9.93. The van der Waals surface area contributed by atoms with Gasteiger partial charge in [-0.1, -0.05) is 36.4 Å². The Hall–Kier alpha value is -3.75. The van der Waals surface area contributed by atoms with Crippen LogP contribution in [0, 0.1) is 0 Å². The van der Waals surface area contributed by atoms with Gasteiger partial charge in [-0.2, -0.15) is 0 Å². The van der Waals surface area contributed by atoms with Gasteiger partial charge >= 0.3 is 12.1 Å². The smallest absolute Gasteiger partial charge is 0.408 e. The fourth-order valence-electron chi connectivity index (χ4n) is 3.45. The number of hydrogen-bond acceptors (Lipinski definition) is 7. The second-order valence-electron chi connectivity index (χ2n) is 8.82. The van der Waals surface area contributed by atoms with E-state index in [1.54, 1.807) is 57.2 Å². The van der Waals surface area contributed by atoms with Crippen molar-refractivity contribution in [3.63, 3.8) is 0 Å². The summed E-state index contributed by atoms with van der Waals surface area (Å²) in [5.74, 6) is -0.0624. The second kappa shape index (κ2) is 12.6. The number of nitrogens with one attached hydrogen (secondary N) is 2. The van der Waals surface area contributed by atoms with Gasteiger partial charge in [0.15, 0.2) is 0 Å². The van der Waals surface area contributed by atoms with Gasteiger partial charge < -0.3 is 29.6 Å². The molecule has 0 aromatic heterocycles. The Morgan fingerprint density at radius 2 is 1.26 bits per heavy atom. The molecular formula is C26H34N2O7. The molecule has 9 nitrogen and oxygen atoms in total. The molecule has 0 unspecified atom stereocenters. The molecule has 2 atom stereocenters. The lowest BCUT2D eigenvalue weighted by Gasteiger charge is -2.25. The summed E-state index contributed by atoms with van der Waals surface area (Å²) in [6.07, 6.45) is -0.514. The van der Waals surface area contributed by atoms with E-state index in [2.05, 4.69) is 10.6 Å². The van der Waals surface area contributed by atoms with Crippen LogP contribution >= 0.6 is 0 Å². The van der Waals surface area contributed by atoms with Crippen LogP contribution in [-0.4, -0.2) is 57.0 Å². The van der Waals surface area contributed by atoms with Gasteiger partial charge in [-0.3, -0.25) is 4.79 Å². The molecule has 190 valence electrons. The largest absolute Gasteiger partial charge is 0.496 e. The van der Waals surface area contributed by atoms with Crippen LogP contribution in [0.3, 0.4) is 0 Å². The van der Waals surface area contributed by atoms with Crippen LogP contribution in [0.1, 0.15) is 31.9 Å². The minimum Gasteiger partial charge on any atom is -0.496 e. The van der Waals surface area contributed by atoms with Gasteiger partial charge in [0.2, 0.25) is 5.91 Å². The molecule has 2 N–H and O–H groups in total. The number of rotatable bonds is 10. The van der Waals surface area contributed by atoms with Crippen molar-refractivity contribution in [2.75, 3.05) is 21.3 Å². The number of alkyl carbamates (subject to hydrolysis) is 1. The van der Waals surface area contributed by atoms with E-state index >= 15 is 0 Å². The van der Waals surface area contributed by atoms with Gasteiger partial charge in [-0.05, 0) is 44.0 Å². The summed E-state index contributed by atoms with van der Waals surface area (Å²) in [5.41, 5.74) is 0.658. The molecule has 0 heterocycles. The first-order valence-electron chi connectivity index (χ1n) is 11.2. The van der Waals surface area contributed by atoms with Gasteiger partial charge in [0, 0.05) is 12.8 Å². The molecule has 2 amide bonds. The summed E-state index contributed by atoms with van der Waals surface area (Å²) in [7, 11) is 4.29. The Bertz CT molecular complexity index is 1020. The van der Waals surface area contributed by atoms with Crippen LogP contribution < -0.4 is 20.1 Å². The van der Waals surface area contributed by atoms with Crippen LogP contribution in [0.15, 0.2) is 48.5 Å². The molecule has 0 spiro atoms. The van der Waals surface area contributed by atoms with E-state index in [9.17, 15) is 14.4 Å². The van der Waals surface area contributed by atoms with Crippen molar-refractivity contribution in [1.82, 2.24) is 10.6 Å². The van der Waals surface area contributed by atoms with Crippen molar-refractivity contribution < 1.29 is 33.3 Å². The molecule has 35 heavy (non-hydrogen) atoms. The van der Waals surface area contributed by atoms with Gasteiger partial charge in [-0.25, -0.2) is 9.59 Å². The summed E-state index contributed by atoms with van der Waals surface area (Å²) in [4.78, 5) is 38.4. The molecule has 2 aromatic rings. The molecule has 0 fully saturated rings. The van der Waals surface area contributed by atoms with Crippen LogP contribution in [-0.2, 0) is 31.9 Å². The average Bonchev–Trinajstić information content (AvgIpc) is 2.82. The fourth-order valence-corrected chi connectivity index (χ4v) is 3.45. The van der Waals surface area contributed by atoms with E-state index in [4.69, 9.17) is 18.9 Å². The maximum atomic E-state index is 13.4. The number of hydrogen-bond donors (Lipinski definition) is 2. The Morgan fingerprint density at radius 1 is 0.771 bits per heavy atom. The lowest BCUT2D eigenvalue weighted by molar-refractivity contribution is -0.145. The SMILES string of the molecule is COC(=O)[C@@H](Cc1ccccc1OC)NC(=O)[C@@H](Cc1ccccc1OC)NC(=O)OC(C)(C)C. The number of amides is 2. The summed E-state index contributed by atoms with van der Waals surface area (Å²) in [5, 5.41) is 5.33. The number of ether oxygens (including phenoxy) is 4.